The van der Waals surface area contributed by atoms with Crippen LogP contribution >= 0.6 is 10.7 Å². The lowest BCUT2D eigenvalue weighted by molar-refractivity contribution is -0.139. The van der Waals surface area contributed by atoms with Crippen LogP contribution < -0.4 is 4.74 Å². The third-order valence-corrected chi connectivity index (χ3v) is 2.82. The number of benzene rings is 1. The maximum atomic E-state index is 11.0. The highest BCUT2D eigenvalue weighted by atomic mass is 35.7. The molecule has 0 aliphatic carbocycles. The summed E-state index contributed by atoms with van der Waals surface area (Å²) in [5.41, 5.74) is 0. The fourth-order valence-corrected chi connectivity index (χ4v) is 1.90. The lowest BCUT2D eigenvalue weighted by atomic mass is 10.3. The van der Waals surface area contributed by atoms with E-state index in [1.807, 2.05) is 0 Å². The van der Waals surface area contributed by atoms with E-state index in [2.05, 4.69) is 0 Å². The Kier molecular flexibility index (Phi) is 3.54. The van der Waals surface area contributed by atoms with Gasteiger partial charge in [0, 0.05) is 10.7 Å². The standard InChI is InChI=1S/C8H7ClO5S/c9-15(12,13)7-4-2-1-3-6(7)14-5-8(10)11/h1-4H,5H2,(H,10,11). The number of hydrogen-bond donors (Lipinski definition) is 1. The Bertz CT molecular complexity index is 468. The molecule has 0 aromatic heterocycles. The molecule has 0 atom stereocenters. The van der Waals surface area contributed by atoms with Crippen molar-refractivity contribution in [2.45, 2.75) is 4.90 Å². The van der Waals surface area contributed by atoms with E-state index in [0.29, 0.717) is 0 Å². The Hall–Kier alpha value is -1.27. The molecule has 0 radical (unpaired) electrons. The molecule has 0 bridgehead atoms. The van der Waals surface area contributed by atoms with Gasteiger partial charge in [-0.25, -0.2) is 13.2 Å². The lowest BCUT2D eigenvalue weighted by Gasteiger charge is -2.06. The van der Waals surface area contributed by atoms with Crippen molar-refractivity contribution in [2.75, 3.05) is 6.61 Å². The Morgan fingerprint density at radius 1 is 1.40 bits per heavy atom. The molecule has 0 saturated heterocycles. The molecule has 82 valence electrons. The van der Waals surface area contributed by atoms with Crippen LogP contribution in [0.25, 0.3) is 0 Å². The highest BCUT2D eigenvalue weighted by Gasteiger charge is 2.16. The minimum Gasteiger partial charge on any atom is -0.480 e. The Morgan fingerprint density at radius 3 is 2.53 bits per heavy atom. The van der Waals surface area contributed by atoms with E-state index in [4.69, 9.17) is 20.5 Å². The molecule has 1 N–H and O–H groups in total. The van der Waals surface area contributed by atoms with Crippen LogP contribution in [0.4, 0.5) is 0 Å². The second-order valence-electron chi connectivity index (χ2n) is 2.57. The normalized spacial score (nSPS) is 11.0. The van der Waals surface area contributed by atoms with Crippen LogP contribution in [0.5, 0.6) is 5.75 Å². The van der Waals surface area contributed by atoms with Crippen LogP contribution in [0.3, 0.4) is 0 Å². The van der Waals surface area contributed by atoms with Crippen LogP contribution in [0.1, 0.15) is 0 Å². The van der Waals surface area contributed by atoms with Crippen molar-refractivity contribution in [3.05, 3.63) is 24.3 Å². The molecule has 5 nitrogen and oxygen atoms in total. The number of carbonyl (C=O) groups is 1. The summed E-state index contributed by atoms with van der Waals surface area (Å²) in [4.78, 5) is 9.98. The van der Waals surface area contributed by atoms with Gasteiger partial charge in [0.15, 0.2) is 6.61 Å². The van der Waals surface area contributed by atoms with Gasteiger partial charge in [0.1, 0.15) is 10.6 Å². The minimum atomic E-state index is -3.93. The molecule has 0 heterocycles. The van der Waals surface area contributed by atoms with Crippen molar-refractivity contribution in [3.8, 4) is 5.75 Å². The van der Waals surface area contributed by atoms with E-state index in [1.54, 1.807) is 0 Å². The zero-order valence-corrected chi connectivity index (χ0v) is 8.96. The topological polar surface area (TPSA) is 80.7 Å². The van der Waals surface area contributed by atoms with E-state index in [-0.39, 0.29) is 10.6 Å². The van der Waals surface area contributed by atoms with Crippen LogP contribution in [0.15, 0.2) is 29.2 Å². The average molecular weight is 251 g/mol. The molecule has 0 fully saturated rings. The first kappa shape index (κ1) is 11.8. The van der Waals surface area contributed by atoms with Crippen LogP contribution in [0.2, 0.25) is 0 Å². The van der Waals surface area contributed by atoms with Crippen molar-refractivity contribution in [1.82, 2.24) is 0 Å². The Labute approximate surface area is 90.7 Å². The maximum Gasteiger partial charge on any atom is 0.341 e. The molecule has 0 aliphatic rings. The van der Waals surface area contributed by atoms with Crippen LogP contribution in [-0.4, -0.2) is 26.1 Å². The van der Waals surface area contributed by atoms with E-state index >= 15 is 0 Å². The summed E-state index contributed by atoms with van der Waals surface area (Å²) in [5.74, 6) is -1.27. The number of rotatable bonds is 4. The highest BCUT2D eigenvalue weighted by molar-refractivity contribution is 8.13. The fourth-order valence-electron chi connectivity index (χ4n) is 0.910. The smallest absolute Gasteiger partial charge is 0.341 e. The first-order valence-electron chi connectivity index (χ1n) is 3.79. The number of aliphatic carboxylic acids is 1. The summed E-state index contributed by atoms with van der Waals surface area (Å²) in [6.07, 6.45) is 0. The highest BCUT2D eigenvalue weighted by Crippen LogP contribution is 2.26. The van der Waals surface area contributed by atoms with Gasteiger partial charge in [0.05, 0.1) is 0 Å². The molecule has 0 saturated carbocycles. The molecule has 15 heavy (non-hydrogen) atoms. The van der Waals surface area contributed by atoms with E-state index < -0.39 is 21.6 Å². The first-order chi connectivity index (χ1) is 6.91. The van der Waals surface area contributed by atoms with Gasteiger partial charge in [-0.05, 0) is 12.1 Å². The molecular formula is C8H7ClO5S. The quantitative estimate of drug-likeness (QED) is 0.809. The van der Waals surface area contributed by atoms with E-state index in [0.717, 1.165) is 0 Å². The Morgan fingerprint density at radius 2 is 2.00 bits per heavy atom. The number of hydrogen-bond acceptors (Lipinski definition) is 4. The van der Waals surface area contributed by atoms with Gasteiger partial charge in [0.2, 0.25) is 0 Å². The molecule has 1 aromatic rings. The predicted molar refractivity (Wildman–Crippen MR) is 52.6 cm³/mol. The minimum absolute atomic E-state index is 0.0742. The zero-order chi connectivity index (χ0) is 11.5. The SMILES string of the molecule is O=C(O)COc1ccccc1S(=O)(=O)Cl. The second kappa shape index (κ2) is 4.50. The molecule has 0 spiro atoms. The van der Waals surface area contributed by atoms with E-state index in [9.17, 15) is 13.2 Å². The van der Waals surface area contributed by atoms with Gasteiger partial charge in [-0.3, -0.25) is 0 Å². The van der Waals surface area contributed by atoms with Gasteiger partial charge in [-0.15, -0.1) is 0 Å². The Balaban J connectivity index is 3.02. The average Bonchev–Trinajstić information content (AvgIpc) is 2.13. The van der Waals surface area contributed by atoms with Gasteiger partial charge in [-0.2, -0.15) is 0 Å². The van der Waals surface area contributed by atoms with Crippen molar-refractivity contribution in [2.24, 2.45) is 0 Å². The number of para-hydroxylation sites is 1. The monoisotopic (exact) mass is 250 g/mol. The summed E-state index contributed by atoms with van der Waals surface area (Å²) in [5, 5.41) is 8.36. The lowest BCUT2D eigenvalue weighted by Crippen LogP contribution is -2.10. The summed E-state index contributed by atoms with van der Waals surface area (Å²) in [6.45, 7) is -0.622. The van der Waals surface area contributed by atoms with Gasteiger partial charge in [0.25, 0.3) is 9.05 Å². The van der Waals surface area contributed by atoms with E-state index in [1.165, 1.54) is 24.3 Å². The van der Waals surface area contributed by atoms with Crippen LogP contribution in [0, 0.1) is 0 Å². The van der Waals surface area contributed by atoms with Crippen LogP contribution in [-0.2, 0) is 13.8 Å². The van der Waals surface area contributed by atoms with Gasteiger partial charge < -0.3 is 9.84 Å². The molecule has 0 amide bonds. The van der Waals surface area contributed by atoms with Crippen molar-refractivity contribution in [1.29, 1.82) is 0 Å². The number of halogens is 1. The summed E-state index contributed by atoms with van der Waals surface area (Å²) >= 11 is 0. The maximum absolute atomic E-state index is 11.0. The molecule has 7 heteroatoms. The molecule has 1 aromatic carbocycles. The summed E-state index contributed by atoms with van der Waals surface area (Å²) < 4.78 is 26.8. The van der Waals surface area contributed by atoms with Crippen molar-refractivity contribution in [3.63, 3.8) is 0 Å². The van der Waals surface area contributed by atoms with Gasteiger partial charge >= 0.3 is 5.97 Å². The van der Waals surface area contributed by atoms with Gasteiger partial charge in [-0.1, -0.05) is 12.1 Å². The molecule has 1 rings (SSSR count). The molecule has 0 unspecified atom stereocenters. The van der Waals surface area contributed by atoms with Crippen molar-refractivity contribution >= 4 is 25.7 Å². The fraction of sp³-hybridized carbons (Fsp3) is 0.125. The third-order valence-electron chi connectivity index (χ3n) is 1.46. The second-order valence-corrected chi connectivity index (χ2v) is 5.10. The summed E-state index contributed by atoms with van der Waals surface area (Å²) in [6, 6.07) is 5.55. The number of carboxylic acids is 1. The van der Waals surface area contributed by atoms with Crippen molar-refractivity contribution < 1.29 is 23.1 Å². The molecule has 0 aliphatic heterocycles. The zero-order valence-electron chi connectivity index (χ0n) is 7.38. The largest absolute Gasteiger partial charge is 0.480 e. The number of carboxylic acid groups (broad SMARTS) is 1. The first-order valence-corrected chi connectivity index (χ1v) is 6.10. The number of ether oxygens (including phenoxy) is 1. The molecular weight excluding hydrogens is 244 g/mol. The third kappa shape index (κ3) is 3.41. The summed E-state index contributed by atoms with van der Waals surface area (Å²) in [7, 11) is 1.20. The predicted octanol–water partition coefficient (Wildman–Crippen LogP) is 1.08.